The van der Waals surface area contributed by atoms with E-state index in [0.717, 1.165) is 26.0 Å². The highest BCUT2D eigenvalue weighted by Crippen LogP contribution is 2.29. The molecule has 0 unspecified atom stereocenters. The smallest absolute Gasteiger partial charge is 0.130 e. The zero-order chi connectivity index (χ0) is 14.4. The van der Waals surface area contributed by atoms with Crippen LogP contribution < -0.4 is 9.47 Å². The van der Waals surface area contributed by atoms with Crippen molar-refractivity contribution in [1.29, 1.82) is 0 Å². The highest BCUT2D eigenvalue weighted by atomic mass is 79.9. The van der Waals surface area contributed by atoms with Gasteiger partial charge in [0, 0.05) is 11.6 Å². The molecular formula is C16H14Br2O2. The van der Waals surface area contributed by atoms with Gasteiger partial charge in [0.15, 0.2) is 0 Å². The Morgan fingerprint density at radius 3 is 2.50 bits per heavy atom. The molecule has 2 aromatic rings. The number of ether oxygens (including phenoxy) is 2. The number of methoxy groups -OCH3 is 1. The maximum Gasteiger partial charge on any atom is 0.130 e. The summed E-state index contributed by atoms with van der Waals surface area (Å²) in [7, 11) is 1.65. The molecule has 0 aliphatic carbocycles. The fourth-order valence-corrected chi connectivity index (χ4v) is 2.23. The van der Waals surface area contributed by atoms with E-state index in [1.807, 2.05) is 54.6 Å². The molecule has 0 saturated carbocycles. The molecule has 0 heterocycles. The van der Waals surface area contributed by atoms with Crippen LogP contribution in [0.3, 0.4) is 0 Å². The van der Waals surface area contributed by atoms with Crippen LogP contribution in [-0.2, 0) is 6.61 Å². The van der Waals surface area contributed by atoms with Gasteiger partial charge in [0.2, 0.25) is 0 Å². The minimum atomic E-state index is 0.523. The number of hydrogen-bond acceptors (Lipinski definition) is 2. The van der Waals surface area contributed by atoms with Gasteiger partial charge >= 0.3 is 0 Å². The first-order valence-electron chi connectivity index (χ1n) is 6.06. The van der Waals surface area contributed by atoms with Gasteiger partial charge in [0.05, 0.1) is 10.5 Å². The normalized spacial score (nSPS) is 9.95. The molecule has 0 aliphatic heterocycles. The third kappa shape index (κ3) is 4.39. The van der Waals surface area contributed by atoms with Crippen molar-refractivity contribution >= 4 is 37.9 Å². The molecule has 0 spiro atoms. The van der Waals surface area contributed by atoms with Gasteiger partial charge < -0.3 is 9.47 Å². The summed E-state index contributed by atoms with van der Waals surface area (Å²) in [5.41, 5.74) is 2.11. The molecule has 0 fully saturated rings. The fraction of sp³-hybridized carbons (Fsp3) is 0.125. The molecule has 2 rings (SSSR count). The predicted octanol–water partition coefficient (Wildman–Crippen LogP) is 5.36. The molecule has 4 heteroatoms. The van der Waals surface area contributed by atoms with E-state index in [1.54, 1.807) is 7.11 Å². The summed E-state index contributed by atoms with van der Waals surface area (Å²) in [6, 6.07) is 15.8. The van der Waals surface area contributed by atoms with Crippen molar-refractivity contribution in [3.8, 4) is 11.5 Å². The summed E-state index contributed by atoms with van der Waals surface area (Å²) < 4.78 is 12.0. The fourth-order valence-electron chi connectivity index (χ4n) is 1.74. The van der Waals surface area contributed by atoms with Crippen molar-refractivity contribution < 1.29 is 9.47 Å². The first kappa shape index (κ1) is 15.1. The van der Waals surface area contributed by atoms with Crippen molar-refractivity contribution in [3.63, 3.8) is 0 Å². The van der Waals surface area contributed by atoms with Crippen LogP contribution >= 0.6 is 31.9 Å². The Hall–Kier alpha value is -1.26. The molecule has 0 atom stereocenters. The van der Waals surface area contributed by atoms with Gasteiger partial charge in [-0.15, -0.1) is 0 Å². The van der Waals surface area contributed by atoms with Gasteiger partial charge in [-0.05, 0) is 55.6 Å². The van der Waals surface area contributed by atoms with E-state index in [0.29, 0.717) is 6.61 Å². The van der Waals surface area contributed by atoms with E-state index >= 15 is 0 Å². The van der Waals surface area contributed by atoms with Crippen LogP contribution in [0, 0.1) is 0 Å². The molecule has 2 nitrogen and oxygen atoms in total. The van der Waals surface area contributed by atoms with E-state index in [-0.39, 0.29) is 0 Å². The second-order valence-corrected chi connectivity index (χ2v) is 6.88. The topological polar surface area (TPSA) is 18.5 Å². The van der Waals surface area contributed by atoms with Gasteiger partial charge in [-0.25, -0.2) is 0 Å². The second-order valence-electron chi connectivity index (χ2n) is 4.11. The molecule has 0 radical (unpaired) electrons. The lowest BCUT2D eigenvalue weighted by atomic mass is 10.2. The molecule has 0 aromatic heterocycles. The van der Waals surface area contributed by atoms with Crippen LogP contribution in [0.5, 0.6) is 11.5 Å². The average Bonchev–Trinajstić information content (AvgIpc) is 2.47. The minimum absolute atomic E-state index is 0.523. The molecule has 20 heavy (non-hydrogen) atoms. The first-order chi connectivity index (χ1) is 9.69. The zero-order valence-corrected chi connectivity index (χ0v) is 14.1. The van der Waals surface area contributed by atoms with Crippen LogP contribution in [0.25, 0.3) is 6.08 Å². The monoisotopic (exact) mass is 396 g/mol. The number of hydrogen-bond donors (Lipinski definition) is 0. The molecule has 0 saturated heterocycles. The van der Waals surface area contributed by atoms with Crippen molar-refractivity contribution in [3.05, 3.63) is 63.0 Å². The zero-order valence-electron chi connectivity index (χ0n) is 11.0. The van der Waals surface area contributed by atoms with Crippen molar-refractivity contribution in [1.82, 2.24) is 0 Å². The Kier molecular flexibility index (Phi) is 5.68. The van der Waals surface area contributed by atoms with Crippen molar-refractivity contribution in [2.45, 2.75) is 6.61 Å². The Labute approximate surface area is 135 Å². The largest absolute Gasteiger partial charge is 0.497 e. The first-order valence-corrected chi connectivity index (χ1v) is 7.65. The lowest BCUT2D eigenvalue weighted by Gasteiger charge is -2.11. The SMILES string of the molecule is COc1ccc(C=C(Br)Br)c(OCc2ccccc2)c1. The number of halogens is 2. The summed E-state index contributed by atoms with van der Waals surface area (Å²) in [6.07, 6.45) is 1.94. The second kappa shape index (κ2) is 7.50. The van der Waals surface area contributed by atoms with E-state index < -0.39 is 0 Å². The number of rotatable bonds is 5. The third-order valence-electron chi connectivity index (χ3n) is 2.72. The Morgan fingerprint density at radius 2 is 1.85 bits per heavy atom. The van der Waals surface area contributed by atoms with E-state index in [1.165, 1.54) is 0 Å². The molecular weight excluding hydrogens is 384 g/mol. The van der Waals surface area contributed by atoms with Gasteiger partial charge in [-0.1, -0.05) is 30.3 Å². The molecule has 0 N–H and O–H groups in total. The average molecular weight is 398 g/mol. The minimum Gasteiger partial charge on any atom is -0.497 e. The molecule has 0 amide bonds. The van der Waals surface area contributed by atoms with Crippen LogP contribution in [0.2, 0.25) is 0 Å². The van der Waals surface area contributed by atoms with Gasteiger partial charge in [-0.2, -0.15) is 0 Å². The lowest BCUT2D eigenvalue weighted by Crippen LogP contribution is -1.97. The standard InChI is InChI=1S/C16H14Br2O2/c1-19-14-8-7-13(9-16(17)18)15(10-14)20-11-12-5-3-2-4-6-12/h2-10H,11H2,1H3. The van der Waals surface area contributed by atoms with E-state index in [9.17, 15) is 0 Å². The highest BCUT2D eigenvalue weighted by molar-refractivity contribution is 9.28. The maximum absolute atomic E-state index is 5.90. The molecule has 0 bridgehead atoms. The van der Waals surface area contributed by atoms with E-state index in [2.05, 4.69) is 31.9 Å². The number of benzene rings is 2. The Balaban J connectivity index is 2.21. The van der Waals surface area contributed by atoms with Crippen molar-refractivity contribution in [2.24, 2.45) is 0 Å². The molecule has 2 aromatic carbocycles. The van der Waals surface area contributed by atoms with Crippen LogP contribution in [0.4, 0.5) is 0 Å². The lowest BCUT2D eigenvalue weighted by molar-refractivity contribution is 0.303. The van der Waals surface area contributed by atoms with Gasteiger partial charge in [0.25, 0.3) is 0 Å². The summed E-state index contributed by atoms with van der Waals surface area (Å²) in [6.45, 7) is 0.523. The Morgan fingerprint density at radius 1 is 1.10 bits per heavy atom. The highest BCUT2D eigenvalue weighted by Gasteiger charge is 2.05. The van der Waals surface area contributed by atoms with Crippen LogP contribution in [0.1, 0.15) is 11.1 Å². The molecule has 0 aliphatic rings. The predicted molar refractivity (Wildman–Crippen MR) is 89.6 cm³/mol. The molecule has 104 valence electrons. The Bertz CT molecular complexity index is 591. The van der Waals surface area contributed by atoms with E-state index in [4.69, 9.17) is 9.47 Å². The summed E-state index contributed by atoms with van der Waals surface area (Å²) >= 11 is 6.74. The van der Waals surface area contributed by atoms with Crippen molar-refractivity contribution in [2.75, 3.05) is 7.11 Å². The van der Waals surface area contributed by atoms with Gasteiger partial charge in [-0.3, -0.25) is 0 Å². The van der Waals surface area contributed by atoms with Crippen LogP contribution in [-0.4, -0.2) is 7.11 Å². The summed E-state index contributed by atoms with van der Waals surface area (Å²) in [4.78, 5) is 0. The maximum atomic E-state index is 5.90. The summed E-state index contributed by atoms with van der Waals surface area (Å²) in [5, 5.41) is 0. The summed E-state index contributed by atoms with van der Waals surface area (Å²) in [5.74, 6) is 1.56. The van der Waals surface area contributed by atoms with Gasteiger partial charge in [0.1, 0.15) is 18.1 Å². The third-order valence-corrected chi connectivity index (χ3v) is 3.18. The van der Waals surface area contributed by atoms with Crippen LogP contribution in [0.15, 0.2) is 51.9 Å². The quantitative estimate of drug-likeness (QED) is 0.675.